The zero-order valence-electron chi connectivity index (χ0n) is 8.59. The van der Waals surface area contributed by atoms with Crippen LogP contribution in [0.4, 0.5) is 8.78 Å². The van der Waals surface area contributed by atoms with E-state index in [-0.39, 0.29) is 12.7 Å². The second-order valence-corrected chi connectivity index (χ2v) is 3.38. The van der Waals surface area contributed by atoms with Crippen LogP contribution in [0, 0.1) is 11.6 Å². The third-order valence-electron chi connectivity index (χ3n) is 1.79. The molecule has 0 fully saturated rings. The normalized spacial score (nSPS) is 10.7. The lowest BCUT2D eigenvalue weighted by atomic mass is 10.1. The number of benzene rings is 1. The van der Waals surface area contributed by atoms with Crippen LogP contribution in [0.1, 0.15) is 24.2 Å². The third-order valence-corrected chi connectivity index (χ3v) is 1.79. The molecule has 0 radical (unpaired) electrons. The van der Waals surface area contributed by atoms with Gasteiger partial charge < -0.3 is 4.74 Å². The molecule has 0 aliphatic rings. The lowest BCUT2D eigenvalue weighted by molar-refractivity contribution is 0.0577. The summed E-state index contributed by atoms with van der Waals surface area (Å²) >= 11 is 0. The van der Waals surface area contributed by atoms with Gasteiger partial charge in [-0.1, -0.05) is 6.07 Å². The fourth-order valence-electron chi connectivity index (χ4n) is 1.08. The summed E-state index contributed by atoms with van der Waals surface area (Å²) in [6, 6.07) is 3.31. The van der Waals surface area contributed by atoms with E-state index in [0.717, 1.165) is 12.1 Å². The Balaban J connectivity index is 2.82. The zero-order chi connectivity index (χ0) is 11.4. The van der Waals surface area contributed by atoms with Gasteiger partial charge in [-0.3, -0.25) is 4.79 Å². The van der Waals surface area contributed by atoms with Gasteiger partial charge in [0.05, 0.1) is 11.7 Å². The highest BCUT2D eigenvalue weighted by molar-refractivity contribution is 5.97. The summed E-state index contributed by atoms with van der Waals surface area (Å²) in [5.74, 6) is -2.39. The van der Waals surface area contributed by atoms with Crippen molar-refractivity contribution in [3.63, 3.8) is 0 Å². The van der Waals surface area contributed by atoms with Crippen molar-refractivity contribution in [2.75, 3.05) is 6.61 Å². The van der Waals surface area contributed by atoms with E-state index in [1.165, 1.54) is 6.07 Å². The quantitative estimate of drug-likeness (QED) is 0.720. The number of hydrogen-bond donors (Lipinski definition) is 0. The molecule has 0 aliphatic carbocycles. The largest absolute Gasteiger partial charge is 0.371 e. The van der Waals surface area contributed by atoms with Gasteiger partial charge in [0.2, 0.25) is 0 Å². The smallest absolute Gasteiger partial charge is 0.194 e. The molecule has 0 aromatic heterocycles. The molecule has 1 aromatic rings. The van der Waals surface area contributed by atoms with Crippen LogP contribution in [0.3, 0.4) is 0 Å². The Morgan fingerprint density at radius 2 is 1.87 bits per heavy atom. The molecule has 2 nitrogen and oxygen atoms in total. The number of ketones is 1. The molecule has 0 saturated carbocycles. The van der Waals surface area contributed by atoms with E-state index in [0.29, 0.717) is 0 Å². The summed E-state index contributed by atoms with van der Waals surface area (Å²) in [5, 5.41) is 0. The number of Topliss-reactive ketones (excluding diaryl/α,β-unsaturated/α-hetero) is 1. The fourth-order valence-corrected chi connectivity index (χ4v) is 1.08. The number of hydrogen-bond acceptors (Lipinski definition) is 2. The van der Waals surface area contributed by atoms with Gasteiger partial charge in [0.1, 0.15) is 18.2 Å². The first kappa shape index (κ1) is 11.8. The van der Waals surface area contributed by atoms with Gasteiger partial charge in [-0.25, -0.2) is 8.78 Å². The summed E-state index contributed by atoms with van der Waals surface area (Å²) in [6.07, 6.45) is -0.149. The minimum atomic E-state index is -0.854. The van der Waals surface area contributed by atoms with Gasteiger partial charge in [-0.2, -0.15) is 0 Å². The minimum absolute atomic E-state index is 0.149. The van der Waals surface area contributed by atoms with Crippen LogP contribution < -0.4 is 0 Å². The Kier molecular flexibility index (Phi) is 3.91. The molecule has 1 aromatic carbocycles. The van der Waals surface area contributed by atoms with Crippen molar-refractivity contribution in [1.82, 2.24) is 0 Å². The van der Waals surface area contributed by atoms with E-state index >= 15 is 0 Å². The van der Waals surface area contributed by atoms with Crippen molar-refractivity contribution in [2.45, 2.75) is 20.0 Å². The molecule has 0 saturated heterocycles. The predicted molar refractivity (Wildman–Crippen MR) is 51.8 cm³/mol. The molecular weight excluding hydrogens is 202 g/mol. The molecule has 82 valence electrons. The van der Waals surface area contributed by atoms with Crippen LogP contribution in [0.2, 0.25) is 0 Å². The molecule has 0 spiro atoms. The Hall–Kier alpha value is -1.29. The average Bonchev–Trinajstić information content (AvgIpc) is 2.14. The lowest BCUT2D eigenvalue weighted by Gasteiger charge is -2.07. The van der Waals surface area contributed by atoms with Crippen molar-refractivity contribution in [3.8, 4) is 0 Å². The van der Waals surface area contributed by atoms with Crippen molar-refractivity contribution in [3.05, 3.63) is 35.4 Å². The number of carbonyl (C=O) groups is 1. The summed E-state index contributed by atoms with van der Waals surface area (Å²) < 4.78 is 31.2. The van der Waals surface area contributed by atoms with E-state index in [1.54, 1.807) is 13.8 Å². The van der Waals surface area contributed by atoms with Crippen molar-refractivity contribution >= 4 is 5.78 Å². The average molecular weight is 214 g/mol. The molecule has 0 N–H and O–H groups in total. The maximum absolute atomic E-state index is 13.1. The molecule has 4 heteroatoms. The van der Waals surface area contributed by atoms with Gasteiger partial charge in [0, 0.05) is 0 Å². The van der Waals surface area contributed by atoms with Crippen LogP contribution in [0.15, 0.2) is 18.2 Å². The van der Waals surface area contributed by atoms with Crippen LogP contribution in [-0.2, 0) is 4.74 Å². The lowest BCUT2D eigenvalue weighted by Crippen LogP contribution is -2.16. The molecule has 0 bridgehead atoms. The van der Waals surface area contributed by atoms with Gasteiger partial charge >= 0.3 is 0 Å². The van der Waals surface area contributed by atoms with Gasteiger partial charge in [0.25, 0.3) is 0 Å². The van der Waals surface area contributed by atoms with Crippen LogP contribution in [0.5, 0.6) is 0 Å². The molecule has 0 amide bonds. The molecule has 0 atom stereocenters. The topological polar surface area (TPSA) is 26.3 Å². The molecule has 0 aliphatic heterocycles. The molecule has 0 heterocycles. The van der Waals surface area contributed by atoms with E-state index in [1.807, 2.05) is 0 Å². The molecule has 15 heavy (non-hydrogen) atoms. The summed E-state index contributed by atoms with van der Waals surface area (Å²) in [7, 11) is 0. The van der Waals surface area contributed by atoms with Crippen LogP contribution in [-0.4, -0.2) is 18.5 Å². The summed E-state index contributed by atoms with van der Waals surface area (Å²) in [4.78, 5) is 11.4. The van der Waals surface area contributed by atoms with E-state index < -0.39 is 23.0 Å². The Morgan fingerprint density at radius 3 is 2.33 bits per heavy atom. The SMILES string of the molecule is CC(C)OCC(=O)c1c(F)cccc1F. The molecule has 0 unspecified atom stereocenters. The number of halogens is 2. The standard InChI is InChI=1S/C11H12F2O2/c1-7(2)15-6-10(14)11-8(12)4-3-5-9(11)13/h3-5,7H,6H2,1-2H3. The highest BCUT2D eigenvalue weighted by Crippen LogP contribution is 2.13. The van der Waals surface area contributed by atoms with E-state index in [2.05, 4.69) is 0 Å². The summed E-state index contributed by atoms with van der Waals surface area (Å²) in [6.45, 7) is 3.17. The van der Waals surface area contributed by atoms with Crippen LogP contribution >= 0.6 is 0 Å². The molecule has 1 rings (SSSR count). The third kappa shape index (κ3) is 3.09. The highest BCUT2D eigenvalue weighted by atomic mass is 19.1. The fraction of sp³-hybridized carbons (Fsp3) is 0.364. The van der Waals surface area contributed by atoms with Crippen molar-refractivity contribution in [1.29, 1.82) is 0 Å². The predicted octanol–water partition coefficient (Wildman–Crippen LogP) is 2.57. The second-order valence-electron chi connectivity index (χ2n) is 3.38. The van der Waals surface area contributed by atoms with E-state index in [9.17, 15) is 13.6 Å². The first-order valence-corrected chi connectivity index (χ1v) is 4.61. The number of rotatable bonds is 4. The Labute approximate surface area is 86.9 Å². The Bertz CT molecular complexity index is 341. The van der Waals surface area contributed by atoms with Gasteiger partial charge in [-0.05, 0) is 26.0 Å². The van der Waals surface area contributed by atoms with E-state index in [4.69, 9.17) is 4.74 Å². The first-order chi connectivity index (χ1) is 7.02. The van der Waals surface area contributed by atoms with Crippen LogP contribution in [0.25, 0.3) is 0 Å². The first-order valence-electron chi connectivity index (χ1n) is 4.61. The summed E-state index contributed by atoms with van der Waals surface area (Å²) in [5.41, 5.74) is -0.529. The number of ether oxygens (including phenoxy) is 1. The molecular formula is C11H12F2O2. The number of carbonyl (C=O) groups excluding carboxylic acids is 1. The second kappa shape index (κ2) is 4.98. The highest BCUT2D eigenvalue weighted by Gasteiger charge is 2.17. The Morgan fingerprint density at radius 1 is 1.33 bits per heavy atom. The van der Waals surface area contributed by atoms with Gasteiger partial charge in [0.15, 0.2) is 5.78 Å². The maximum atomic E-state index is 13.1. The monoisotopic (exact) mass is 214 g/mol. The zero-order valence-corrected chi connectivity index (χ0v) is 8.59. The van der Waals surface area contributed by atoms with Crippen molar-refractivity contribution in [2.24, 2.45) is 0 Å². The minimum Gasteiger partial charge on any atom is -0.371 e. The maximum Gasteiger partial charge on any atom is 0.194 e. The van der Waals surface area contributed by atoms with Gasteiger partial charge in [-0.15, -0.1) is 0 Å². The van der Waals surface area contributed by atoms with Crippen molar-refractivity contribution < 1.29 is 18.3 Å².